The summed E-state index contributed by atoms with van der Waals surface area (Å²) in [5, 5.41) is 19.1. The van der Waals surface area contributed by atoms with Crippen LogP contribution in [-0.2, 0) is 19.1 Å². The molecule has 0 amide bonds. The molecule has 0 spiro atoms. The van der Waals surface area contributed by atoms with Gasteiger partial charge in [0.1, 0.15) is 18.9 Å². The van der Waals surface area contributed by atoms with E-state index in [4.69, 9.17) is 9.47 Å². The Bertz CT molecular complexity index is 945. The lowest BCUT2D eigenvalue weighted by atomic mass is 10.2. The Kier molecular flexibility index (Phi) is 9.07. The summed E-state index contributed by atoms with van der Waals surface area (Å²) in [6.07, 6.45) is 0. The van der Waals surface area contributed by atoms with E-state index >= 15 is 0 Å². The molecule has 2 rings (SSSR count). The summed E-state index contributed by atoms with van der Waals surface area (Å²) in [7, 11) is 0. The van der Waals surface area contributed by atoms with Crippen LogP contribution in [-0.4, -0.2) is 43.2 Å². The van der Waals surface area contributed by atoms with Crippen LogP contribution < -0.4 is 4.90 Å². The van der Waals surface area contributed by atoms with Crippen LogP contribution in [0.3, 0.4) is 0 Å². The molecule has 0 radical (unpaired) electrons. The van der Waals surface area contributed by atoms with E-state index in [-0.39, 0.29) is 30.8 Å². The lowest BCUT2D eigenvalue weighted by Gasteiger charge is -2.24. The van der Waals surface area contributed by atoms with Crippen LogP contribution in [0.4, 0.5) is 22.7 Å². The number of nitro benzene ring substituents is 1. The molecule has 0 saturated carbocycles. The first kappa shape index (κ1) is 23.9. The van der Waals surface area contributed by atoms with Gasteiger partial charge in [0.05, 0.1) is 28.2 Å². The van der Waals surface area contributed by atoms with Crippen molar-refractivity contribution < 1.29 is 24.0 Å². The SMILES string of the molecule is CC(=O)OCCN(CCOC(C)=O)c1ccc(N=Nc2ccc([N+](=O)[O-])cc2Br)cc1. The molecule has 0 atom stereocenters. The Morgan fingerprint density at radius 1 is 1.00 bits per heavy atom. The van der Waals surface area contributed by atoms with Gasteiger partial charge >= 0.3 is 11.9 Å². The third kappa shape index (κ3) is 8.13. The summed E-state index contributed by atoms with van der Waals surface area (Å²) < 4.78 is 10.5. The Morgan fingerprint density at radius 2 is 1.58 bits per heavy atom. The maximum absolute atomic E-state index is 11.0. The summed E-state index contributed by atoms with van der Waals surface area (Å²) in [5.74, 6) is -0.735. The summed E-state index contributed by atoms with van der Waals surface area (Å²) in [6, 6.07) is 11.4. The minimum atomic E-state index is -0.487. The molecular formula is C20H21BrN4O6. The van der Waals surface area contributed by atoms with E-state index in [2.05, 4.69) is 26.2 Å². The highest BCUT2D eigenvalue weighted by atomic mass is 79.9. The molecule has 10 nitrogen and oxygen atoms in total. The van der Waals surface area contributed by atoms with Crippen molar-refractivity contribution in [2.75, 3.05) is 31.2 Å². The third-order valence-electron chi connectivity index (χ3n) is 3.96. The molecule has 0 aliphatic rings. The van der Waals surface area contributed by atoms with Gasteiger partial charge in [0.25, 0.3) is 5.69 Å². The van der Waals surface area contributed by atoms with Gasteiger partial charge in [-0.05, 0) is 46.3 Å². The molecule has 2 aromatic rings. The van der Waals surface area contributed by atoms with Crippen LogP contribution in [0.25, 0.3) is 0 Å². The average molecular weight is 493 g/mol. The van der Waals surface area contributed by atoms with Crippen LogP contribution in [0.5, 0.6) is 0 Å². The third-order valence-corrected chi connectivity index (χ3v) is 4.60. The minimum Gasteiger partial charge on any atom is -0.464 e. The number of anilines is 1. The molecule has 0 saturated heterocycles. The Morgan fingerprint density at radius 3 is 2.06 bits per heavy atom. The van der Waals surface area contributed by atoms with Crippen LogP contribution in [0.2, 0.25) is 0 Å². The van der Waals surface area contributed by atoms with E-state index in [0.29, 0.717) is 28.9 Å². The molecule has 2 aromatic carbocycles. The van der Waals surface area contributed by atoms with Crippen LogP contribution in [0.15, 0.2) is 57.2 Å². The molecule has 31 heavy (non-hydrogen) atoms. The predicted octanol–water partition coefficient (Wildman–Crippen LogP) is 4.71. The first-order chi connectivity index (χ1) is 14.8. The number of hydrogen-bond acceptors (Lipinski definition) is 9. The number of ether oxygens (including phenoxy) is 2. The zero-order chi connectivity index (χ0) is 22.8. The zero-order valence-corrected chi connectivity index (χ0v) is 18.6. The van der Waals surface area contributed by atoms with E-state index in [1.807, 2.05) is 17.0 Å². The molecule has 0 heterocycles. The number of non-ortho nitro benzene ring substituents is 1. The molecule has 0 N–H and O–H groups in total. The van der Waals surface area contributed by atoms with Gasteiger partial charge < -0.3 is 14.4 Å². The van der Waals surface area contributed by atoms with Gasteiger partial charge in [-0.25, -0.2) is 0 Å². The van der Waals surface area contributed by atoms with Crippen LogP contribution in [0.1, 0.15) is 13.8 Å². The van der Waals surface area contributed by atoms with Crippen LogP contribution >= 0.6 is 15.9 Å². The number of hydrogen-bond donors (Lipinski definition) is 0. The first-order valence-electron chi connectivity index (χ1n) is 9.23. The number of carbonyl (C=O) groups is 2. The maximum Gasteiger partial charge on any atom is 0.302 e. The molecule has 0 fully saturated rings. The fourth-order valence-electron chi connectivity index (χ4n) is 2.50. The largest absolute Gasteiger partial charge is 0.464 e. The highest BCUT2D eigenvalue weighted by Gasteiger charge is 2.10. The molecule has 11 heteroatoms. The fourth-order valence-corrected chi connectivity index (χ4v) is 2.95. The second-order valence-corrected chi connectivity index (χ2v) is 7.13. The Balaban J connectivity index is 2.08. The quantitative estimate of drug-likeness (QED) is 0.203. The standard InChI is InChI=1S/C20H21BrN4O6/c1-14(26)30-11-9-24(10-12-31-15(2)27)17-5-3-16(4-6-17)22-23-20-8-7-18(25(28)29)13-19(20)21/h3-8,13H,9-12H2,1-2H3. The van der Waals surface area contributed by atoms with E-state index < -0.39 is 4.92 Å². The zero-order valence-electron chi connectivity index (χ0n) is 17.0. The van der Waals surface area contributed by atoms with E-state index in [1.54, 1.807) is 12.1 Å². The number of esters is 2. The van der Waals surface area contributed by atoms with E-state index in [0.717, 1.165) is 5.69 Å². The topological polar surface area (TPSA) is 124 Å². The van der Waals surface area contributed by atoms with E-state index in [1.165, 1.54) is 32.0 Å². The van der Waals surface area contributed by atoms with Crippen molar-refractivity contribution in [2.24, 2.45) is 10.2 Å². The van der Waals surface area contributed by atoms with Crippen LogP contribution in [0, 0.1) is 10.1 Å². The number of azo groups is 1. The highest BCUT2D eigenvalue weighted by molar-refractivity contribution is 9.10. The van der Waals surface area contributed by atoms with Gasteiger partial charge in [-0.15, -0.1) is 5.11 Å². The monoisotopic (exact) mass is 492 g/mol. The summed E-state index contributed by atoms with van der Waals surface area (Å²) in [6.45, 7) is 3.93. The molecule has 0 unspecified atom stereocenters. The first-order valence-corrected chi connectivity index (χ1v) is 10.0. The van der Waals surface area contributed by atoms with Gasteiger partial charge in [0.2, 0.25) is 0 Å². The normalized spacial score (nSPS) is 10.7. The second kappa shape index (κ2) is 11.7. The summed E-state index contributed by atoms with van der Waals surface area (Å²) in [4.78, 5) is 34.2. The van der Waals surface area contributed by atoms with Crippen molar-refractivity contribution in [3.63, 3.8) is 0 Å². The van der Waals surface area contributed by atoms with Crippen molar-refractivity contribution in [2.45, 2.75) is 13.8 Å². The summed E-state index contributed by atoms with van der Waals surface area (Å²) >= 11 is 3.25. The number of nitrogens with zero attached hydrogens (tertiary/aromatic N) is 4. The summed E-state index contributed by atoms with van der Waals surface area (Å²) in [5.41, 5.74) is 1.82. The fraction of sp³-hybridized carbons (Fsp3) is 0.300. The van der Waals surface area contributed by atoms with Crippen molar-refractivity contribution in [3.05, 3.63) is 57.1 Å². The predicted molar refractivity (Wildman–Crippen MR) is 117 cm³/mol. The Labute approximate surface area is 187 Å². The molecule has 164 valence electrons. The number of halogens is 1. The second-order valence-electron chi connectivity index (χ2n) is 6.28. The van der Waals surface area contributed by atoms with Gasteiger partial charge in [0.15, 0.2) is 0 Å². The number of benzene rings is 2. The van der Waals surface area contributed by atoms with Crippen molar-refractivity contribution >= 4 is 50.6 Å². The number of carbonyl (C=O) groups excluding carboxylic acids is 2. The highest BCUT2D eigenvalue weighted by Crippen LogP contribution is 2.31. The smallest absolute Gasteiger partial charge is 0.302 e. The van der Waals surface area contributed by atoms with Gasteiger partial charge in [-0.3, -0.25) is 19.7 Å². The van der Waals surface area contributed by atoms with Gasteiger partial charge in [-0.2, -0.15) is 5.11 Å². The average Bonchev–Trinajstić information content (AvgIpc) is 2.71. The number of nitro groups is 1. The van der Waals surface area contributed by atoms with Gasteiger partial charge in [-0.1, -0.05) is 0 Å². The molecule has 0 aromatic heterocycles. The molecule has 0 aliphatic carbocycles. The van der Waals surface area contributed by atoms with Gasteiger partial charge in [0, 0.05) is 31.7 Å². The minimum absolute atomic E-state index is 0.0437. The lowest BCUT2D eigenvalue weighted by Crippen LogP contribution is -2.31. The molecule has 0 bridgehead atoms. The van der Waals surface area contributed by atoms with Crippen molar-refractivity contribution in [3.8, 4) is 0 Å². The maximum atomic E-state index is 11.0. The van der Waals surface area contributed by atoms with Crippen molar-refractivity contribution in [1.29, 1.82) is 0 Å². The number of rotatable bonds is 10. The molecular weight excluding hydrogens is 472 g/mol. The van der Waals surface area contributed by atoms with Crippen molar-refractivity contribution in [1.82, 2.24) is 0 Å². The van der Waals surface area contributed by atoms with E-state index in [9.17, 15) is 19.7 Å². The Hall–Kier alpha value is -3.34. The lowest BCUT2D eigenvalue weighted by molar-refractivity contribution is -0.384. The molecule has 0 aliphatic heterocycles.